The molecule has 0 saturated carbocycles. The highest BCUT2D eigenvalue weighted by molar-refractivity contribution is 5.89. The van der Waals surface area contributed by atoms with E-state index in [-0.39, 0.29) is 12.5 Å². The van der Waals surface area contributed by atoms with Crippen LogP contribution in [0.2, 0.25) is 0 Å². The van der Waals surface area contributed by atoms with Crippen LogP contribution in [-0.2, 0) is 14.3 Å². The highest BCUT2D eigenvalue weighted by Crippen LogP contribution is 2.44. The number of hydrogen-bond donors (Lipinski definition) is 3. The van der Waals surface area contributed by atoms with Crippen LogP contribution in [0, 0.1) is 5.92 Å². The Kier molecular flexibility index (Phi) is 6.95. The van der Waals surface area contributed by atoms with E-state index in [1.807, 2.05) is 48.5 Å². The average Bonchev–Trinajstić information content (AvgIpc) is 3.06. The maximum Gasteiger partial charge on any atom is 0.419 e. The maximum absolute atomic E-state index is 12.9. The van der Waals surface area contributed by atoms with E-state index in [4.69, 9.17) is 9.84 Å². The molecule has 33 heavy (non-hydrogen) atoms. The molecule has 0 fully saturated rings. The highest BCUT2D eigenvalue weighted by atomic mass is 19.4. The number of benzene rings is 2. The molecule has 0 bridgehead atoms. The number of aliphatic carboxylic acids is 1. The van der Waals surface area contributed by atoms with E-state index in [2.05, 4.69) is 5.32 Å². The fourth-order valence-corrected chi connectivity index (χ4v) is 3.82. The number of fused-ring (bicyclic) bond motifs is 3. The molecule has 0 saturated heterocycles. The van der Waals surface area contributed by atoms with E-state index < -0.39 is 42.1 Å². The van der Waals surface area contributed by atoms with Gasteiger partial charge in [0, 0.05) is 5.92 Å². The lowest BCUT2D eigenvalue weighted by atomic mass is 9.98. The van der Waals surface area contributed by atoms with Crippen LogP contribution >= 0.6 is 0 Å². The van der Waals surface area contributed by atoms with Gasteiger partial charge in [-0.2, -0.15) is 13.2 Å². The highest BCUT2D eigenvalue weighted by Gasteiger charge is 2.47. The molecule has 2 amide bonds. The van der Waals surface area contributed by atoms with Gasteiger partial charge >= 0.3 is 18.2 Å². The van der Waals surface area contributed by atoms with Gasteiger partial charge in [0.1, 0.15) is 12.6 Å². The lowest BCUT2D eigenvalue weighted by Crippen LogP contribution is -2.57. The van der Waals surface area contributed by atoms with Crippen LogP contribution in [0.3, 0.4) is 0 Å². The number of carbonyl (C=O) groups excluding carboxylic acids is 2. The Morgan fingerprint density at radius 1 is 0.970 bits per heavy atom. The largest absolute Gasteiger partial charge is 0.479 e. The third-order valence-corrected chi connectivity index (χ3v) is 5.43. The third-order valence-electron chi connectivity index (χ3n) is 5.43. The fraction of sp³-hybridized carbons (Fsp3) is 0.348. The molecule has 0 aromatic heterocycles. The first-order chi connectivity index (χ1) is 15.5. The molecule has 1 unspecified atom stereocenters. The molecule has 0 heterocycles. The van der Waals surface area contributed by atoms with Crippen molar-refractivity contribution in [3.05, 3.63) is 59.7 Å². The van der Waals surface area contributed by atoms with Gasteiger partial charge in [0.2, 0.25) is 11.9 Å². The van der Waals surface area contributed by atoms with Gasteiger partial charge < -0.3 is 20.5 Å². The number of alkyl carbamates (subject to hydrolysis) is 1. The molecule has 2 aromatic carbocycles. The molecule has 3 rings (SSSR count). The van der Waals surface area contributed by atoms with Crippen LogP contribution in [0.25, 0.3) is 11.1 Å². The van der Waals surface area contributed by atoms with Crippen molar-refractivity contribution >= 4 is 18.0 Å². The smallest absolute Gasteiger partial charge is 0.419 e. The first kappa shape index (κ1) is 24.1. The number of rotatable bonds is 7. The minimum absolute atomic E-state index is 0.0490. The number of carbonyl (C=O) groups is 3. The van der Waals surface area contributed by atoms with E-state index in [0.717, 1.165) is 22.3 Å². The van der Waals surface area contributed by atoms with Gasteiger partial charge in [-0.3, -0.25) is 4.79 Å². The van der Waals surface area contributed by atoms with Gasteiger partial charge in [0.05, 0.1) is 0 Å². The Bertz CT molecular complexity index is 1010. The van der Waals surface area contributed by atoms with Crippen LogP contribution in [0.4, 0.5) is 18.0 Å². The molecule has 2 atom stereocenters. The Labute approximate surface area is 187 Å². The maximum atomic E-state index is 12.9. The Morgan fingerprint density at radius 2 is 1.48 bits per heavy atom. The van der Waals surface area contributed by atoms with Gasteiger partial charge in [-0.25, -0.2) is 9.59 Å². The minimum Gasteiger partial charge on any atom is -0.479 e. The van der Waals surface area contributed by atoms with E-state index in [0.29, 0.717) is 0 Å². The monoisotopic (exact) mass is 464 g/mol. The van der Waals surface area contributed by atoms with E-state index >= 15 is 0 Å². The Balaban J connectivity index is 1.68. The van der Waals surface area contributed by atoms with E-state index in [9.17, 15) is 27.6 Å². The standard InChI is InChI=1S/C23H23F3N2O5/c1-12(2)18(20(29)28-19(21(30)31)23(24,25)26)27-22(32)33-11-17-15-9-5-3-7-13(15)14-8-4-6-10-16(14)17/h3-10,12,17-19H,11H2,1-2H3,(H,27,32)(H,28,29)(H,30,31)/t18-,19?/m0/s1. The van der Waals surface area contributed by atoms with Crippen LogP contribution in [-0.4, -0.2) is 47.9 Å². The van der Waals surface area contributed by atoms with Gasteiger partial charge in [0.25, 0.3) is 0 Å². The second-order valence-corrected chi connectivity index (χ2v) is 8.01. The summed E-state index contributed by atoms with van der Waals surface area (Å²) in [5, 5.41) is 12.5. The Morgan fingerprint density at radius 3 is 1.94 bits per heavy atom. The van der Waals surface area contributed by atoms with Crippen molar-refractivity contribution < 1.29 is 37.4 Å². The molecule has 2 aromatic rings. The van der Waals surface area contributed by atoms with Crippen molar-refractivity contribution in [1.82, 2.24) is 10.6 Å². The molecule has 7 nitrogen and oxygen atoms in total. The molecule has 1 aliphatic rings. The Hall–Kier alpha value is -3.56. The summed E-state index contributed by atoms with van der Waals surface area (Å²) in [5.74, 6) is -4.40. The van der Waals surface area contributed by atoms with Gasteiger partial charge in [-0.05, 0) is 28.2 Å². The summed E-state index contributed by atoms with van der Waals surface area (Å²) in [6, 6.07) is 10.8. The summed E-state index contributed by atoms with van der Waals surface area (Å²) in [6.45, 7) is 2.95. The number of hydrogen-bond acceptors (Lipinski definition) is 4. The first-order valence-corrected chi connectivity index (χ1v) is 10.2. The van der Waals surface area contributed by atoms with Crippen molar-refractivity contribution in [1.29, 1.82) is 0 Å². The molecule has 0 radical (unpaired) electrons. The van der Waals surface area contributed by atoms with Crippen LogP contribution in [0.15, 0.2) is 48.5 Å². The number of nitrogens with one attached hydrogen (secondary N) is 2. The normalized spacial score (nSPS) is 14.7. The predicted octanol–water partition coefficient (Wildman–Crippen LogP) is 3.68. The molecule has 0 spiro atoms. The lowest BCUT2D eigenvalue weighted by Gasteiger charge is -2.25. The summed E-state index contributed by atoms with van der Waals surface area (Å²) in [7, 11) is 0. The average molecular weight is 464 g/mol. The van der Waals surface area contributed by atoms with Crippen molar-refractivity contribution in [3.63, 3.8) is 0 Å². The van der Waals surface area contributed by atoms with Crippen LogP contribution in [0.5, 0.6) is 0 Å². The molecule has 176 valence electrons. The summed E-state index contributed by atoms with van der Waals surface area (Å²) >= 11 is 0. The minimum atomic E-state index is -5.19. The van der Waals surface area contributed by atoms with Crippen molar-refractivity contribution in [2.75, 3.05) is 6.61 Å². The zero-order valence-corrected chi connectivity index (χ0v) is 17.8. The fourth-order valence-electron chi connectivity index (χ4n) is 3.82. The van der Waals surface area contributed by atoms with Crippen molar-refractivity contribution in [2.24, 2.45) is 5.92 Å². The lowest BCUT2D eigenvalue weighted by molar-refractivity contribution is -0.182. The molecular weight excluding hydrogens is 441 g/mol. The quantitative estimate of drug-likeness (QED) is 0.580. The molecular formula is C23H23F3N2O5. The van der Waals surface area contributed by atoms with Crippen LogP contribution in [0.1, 0.15) is 30.9 Å². The number of amides is 2. The summed E-state index contributed by atoms with van der Waals surface area (Å²) < 4.78 is 44.0. The zero-order chi connectivity index (χ0) is 24.3. The summed E-state index contributed by atoms with van der Waals surface area (Å²) in [4.78, 5) is 35.6. The number of ether oxygens (including phenoxy) is 1. The second kappa shape index (κ2) is 9.51. The number of halogens is 3. The number of carboxylic acid groups (broad SMARTS) is 1. The molecule has 1 aliphatic carbocycles. The SMILES string of the molecule is CC(C)[C@H](NC(=O)OCC1c2ccccc2-c2ccccc21)C(=O)NC(C(=O)O)C(F)(F)F. The van der Waals surface area contributed by atoms with Gasteiger partial charge in [-0.15, -0.1) is 0 Å². The second-order valence-electron chi connectivity index (χ2n) is 8.01. The van der Waals surface area contributed by atoms with Gasteiger partial charge in [0.15, 0.2) is 0 Å². The zero-order valence-electron chi connectivity index (χ0n) is 17.8. The van der Waals surface area contributed by atoms with Gasteiger partial charge in [-0.1, -0.05) is 62.4 Å². The third kappa shape index (κ3) is 5.27. The van der Waals surface area contributed by atoms with Crippen molar-refractivity contribution in [3.8, 4) is 11.1 Å². The van der Waals surface area contributed by atoms with E-state index in [1.165, 1.54) is 19.2 Å². The first-order valence-electron chi connectivity index (χ1n) is 10.2. The van der Waals surface area contributed by atoms with E-state index in [1.54, 1.807) is 0 Å². The molecule has 0 aliphatic heterocycles. The number of alkyl halides is 3. The summed E-state index contributed by atoms with van der Waals surface area (Å²) in [5.41, 5.74) is 3.99. The predicted molar refractivity (Wildman–Crippen MR) is 112 cm³/mol. The topological polar surface area (TPSA) is 105 Å². The van der Waals surface area contributed by atoms with Crippen LogP contribution < -0.4 is 10.6 Å². The number of carboxylic acids is 1. The van der Waals surface area contributed by atoms with Crippen molar-refractivity contribution in [2.45, 2.75) is 38.0 Å². The summed E-state index contributed by atoms with van der Waals surface area (Å²) in [6.07, 6.45) is -6.18. The molecule has 3 N–H and O–H groups in total. The molecule has 10 heteroatoms.